The Morgan fingerprint density at radius 2 is 1.56 bits per heavy atom. The summed E-state index contributed by atoms with van der Waals surface area (Å²) in [6.45, 7) is 6.12. The predicted octanol–water partition coefficient (Wildman–Crippen LogP) is 4.62. The molecule has 0 heterocycles. The lowest BCUT2D eigenvalue weighted by Crippen LogP contribution is -2.33. The fourth-order valence-electron chi connectivity index (χ4n) is 2.80. The maximum absolute atomic E-state index is 12.8. The number of amides is 1. The van der Waals surface area contributed by atoms with E-state index in [1.54, 1.807) is 7.11 Å². The second-order valence-electron chi connectivity index (χ2n) is 5.81. The van der Waals surface area contributed by atoms with E-state index in [1.807, 2.05) is 37.3 Å². The summed E-state index contributed by atoms with van der Waals surface area (Å²) in [5.74, 6) is 1.06. The molecule has 0 fully saturated rings. The lowest BCUT2D eigenvalue weighted by atomic mass is 10.0. The molecule has 0 aliphatic carbocycles. The Balaban J connectivity index is 2.21. The number of anilines is 1. The average Bonchev–Trinajstić information content (AvgIpc) is 2.66. The van der Waals surface area contributed by atoms with Gasteiger partial charge in [-0.3, -0.25) is 4.79 Å². The zero-order valence-electron chi connectivity index (χ0n) is 15.5. The van der Waals surface area contributed by atoms with Crippen LogP contribution in [-0.4, -0.2) is 19.1 Å². The summed E-state index contributed by atoms with van der Waals surface area (Å²) < 4.78 is 11.2. The van der Waals surface area contributed by atoms with Crippen LogP contribution in [0.25, 0.3) is 0 Å². The molecule has 1 N–H and O–H groups in total. The highest BCUT2D eigenvalue weighted by molar-refractivity contribution is 5.95. The summed E-state index contributed by atoms with van der Waals surface area (Å²) in [4.78, 5) is 12.8. The Bertz CT molecular complexity index is 690. The molecular formula is C21H27NO3. The van der Waals surface area contributed by atoms with Crippen LogP contribution in [0.3, 0.4) is 0 Å². The SMILES string of the molecule is CCc1cccc(CC)c1NC(=O)[C@@H](CC)Oc1ccccc1OC. The van der Waals surface area contributed by atoms with Crippen LogP contribution in [0.2, 0.25) is 0 Å². The molecule has 134 valence electrons. The van der Waals surface area contributed by atoms with Gasteiger partial charge in [0, 0.05) is 5.69 Å². The topological polar surface area (TPSA) is 47.6 Å². The number of benzene rings is 2. The Morgan fingerprint density at radius 1 is 0.960 bits per heavy atom. The van der Waals surface area contributed by atoms with E-state index < -0.39 is 6.10 Å². The van der Waals surface area contributed by atoms with E-state index in [9.17, 15) is 4.79 Å². The maximum atomic E-state index is 12.8. The van der Waals surface area contributed by atoms with E-state index in [2.05, 4.69) is 31.3 Å². The number of hydrogen-bond acceptors (Lipinski definition) is 3. The van der Waals surface area contributed by atoms with Gasteiger partial charge in [0.2, 0.25) is 0 Å². The summed E-state index contributed by atoms with van der Waals surface area (Å²) in [5.41, 5.74) is 3.19. The van der Waals surface area contributed by atoms with Crippen LogP contribution < -0.4 is 14.8 Å². The summed E-state index contributed by atoms with van der Waals surface area (Å²) >= 11 is 0. The van der Waals surface area contributed by atoms with Gasteiger partial charge >= 0.3 is 0 Å². The molecule has 0 saturated carbocycles. The maximum Gasteiger partial charge on any atom is 0.265 e. The molecule has 0 unspecified atom stereocenters. The average molecular weight is 341 g/mol. The third-order valence-electron chi connectivity index (χ3n) is 4.25. The number of aryl methyl sites for hydroxylation is 2. The fraction of sp³-hybridized carbons (Fsp3) is 0.381. The molecule has 1 atom stereocenters. The molecule has 0 aliphatic heterocycles. The minimum absolute atomic E-state index is 0.135. The zero-order valence-corrected chi connectivity index (χ0v) is 15.5. The standard InChI is InChI=1S/C21H27NO3/c1-5-15-11-10-12-16(6-2)20(15)22-21(23)17(7-3)25-19-14-9-8-13-18(19)24-4/h8-14,17H,5-7H2,1-4H3,(H,22,23)/t17-/m1/s1. The van der Waals surface area contributed by atoms with Crippen molar-refractivity contribution in [3.05, 3.63) is 53.6 Å². The Morgan fingerprint density at radius 3 is 2.08 bits per heavy atom. The molecule has 0 aliphatic rings. The van der Waals surface area contributed by atoms with Crippen molar-refractivity contribution >= 4 is 11.6 Å². The van der Waals surface area contributed by atoms with E-state index in [-0.39, 0.29) is 5.91 Å². The zero-order chi connectivity index (χ0) is 18.2. The molecule has 2 rings (SSSR count). The number of ether oxygens (including phenoxy) is 2. The number of methoxy groups -OCH3 is 1. The van der Waals surface area contributed by atoms with Crippen LogP contribution in [0, 0.1) is 0 Å². The van der Waals surface area contributed by atoms with Crippen LogP contribution in [0.4, 0.5) is 5.69 Å². The van der Waals surface area contributed by atoms with Gasteiger partial charge in [0.1, 0.15) is 0 Å². The molecular weight excluding hydrogens is 314 g/mol. The number of hydrogen-bond donors (Lipinski definition) is 1. The first-order valence-electron chi connectivity index (χ1n) is 8.85. The smallest absolute Gasteiger partial charge is 0.265 e. The first kappa shape index (κ1) is 18.8. The lowest BCUT2D eigenvalue weighted by Gasteiger charge is -2.21. The highest BCUT2D eigenvalue weighted by Crippen LogP contribution is 2.28. The van der Waals surface area contributed by atoms with Crippen molar-refractivity contribution in [2.75, 3.05) is 12.4 Å². The molecule has 0 bridgehead atoms. The number of nitrogens with one attached hydrogen (secondary N) is 1. The van der Waals surface area contributed by atoms with Crippen LogP contribution in [0.5, 0.6) is 11.5 Å². The summed E-state index contributed by atoms with van der Waals surface area (Å²) in [7, 11) is 1.59. The normalized spacial score (nSPS) is 11.7. The van der Waals surface area contributed by atoms with Gasteiger partial charge in [-0.1, -0.05) is 51.1 Å². The molecule has 4 heteroatoms. The molecule has 0 aromatic heterocycles. The molecule has 0 spiro atoms. The minimum atomic E-state index is -0.578. The van der Waals surface area contributed by atoms with Gasteiger partial charge in [0.25, 0.3) is 5.91 Å². The Kier molecular flexibility index (Phi) is 6.87. The first-order valence-corrected chi connectivity index (χ1v) is 8.85. The van der Waals surface area contributed by atoms with Crippen molar-refractivity contribution in [3.63, 3.8) is 0 Å². The van der Waals surface area contributed by atoms with Gasteiger partial charge in [-0.15, -0.1) is 0 Å². The van der Waals surface area contributed by atoms with Crippen LogP contribution in [0.15, 0.2) is 42.5 Å². The fourth-order valence-corrected chi connectivity index (χ4v) is 2.80. The van der Waals surface area contributed by atoms with Crippen molar-refractivity contribution in [3.8, 4) is 11.5 Å². The van der Waals surface area contributed by atoms with Gasteiger partial charge in [-0.2, -0.15) is 0 Å². The molecule has 0 saturated heterocycles. The Labute approximate surface area is 150 Å². The third-order valence-corrected chi connectivity index (χ3v) is 4.25. The minimum Gasteiger partial charge on any atom is -0.493 e. The van der Waals surface area contributed by atoms with Gasteiger partial charge < -0.3 is 14.8 Å². The highest BCUT2D eigenvalue weighted by atomic mass is 16.5. The summed E-state index contributed by atoms with van der Waals surface area (Å²) in [6, 6.07) is 13.5. The van der Waals surface area contributed by atoms with Crippen LogP contribution in [-0.2, 0) is 17.6 Å². The van der Waals surface area contributed by atoms with Gasteiger partial charge in [0.05, 0.1) is 7.11 Å². The van der Waals surface area contributed by atoms with Crippen molar-refractivity contribution in [1.82, 2.24) is 0 Å². The lowest BCUT2D eigenvalue weighted by molar-refractivity contribution is -0.122. The predicted molar refractivity (Wildman–Crippen MR) is 102 cm³/mol. The van der Waals surface area contributed by atoms with Crippen molar-refractivity contribution in [2.45, 2.75) is 46.1 Å². The highest BCUT2D eigenvalue weighted by Gasteiger charge is 2.21. The van der Waals surface area contributed by atoms with Crippen molar-refractivity contribution < 1.29 is 14.3 Å². The van der Waals surface area contributed by atoms with Gasteiger partial charge in [0.15, 0.2) is 17.6 Å². The van der Waals surface area contributed by atoms with Crippen molar-refractivity contribution in [2.24, 2.45) is 0 Å². The van der Waals surface area contributed by atoms with Crippen molar-refractivity contribution in [1.29, 1.82) is 0 Å². The van der Waals surface area contributed by atoms with Crippen LogP contribution >= 0.6 is 0 Å². The molecule has 1 amide bonds. The summed E-state index contributed by atoms with van der Waals surface area (Å²) in [6.07, 6.45) is 1.73. The second kappa shape index (κ2) is 9.11. The van der Waals surface area contributed by atoms with E-state index in [1.165, 1.54) is 0 Å². The quantitative estimate of drug-likeness (QED) is 0.762. The molecule has 0 radical (unpaired) electrons. The number of para-hydroxylation sites is 3. The molecule has 25 heavy (non-hydrogen) atoms. The van der Waals surface area contributed by atoms with Gasteiger partial charge in [-0.05, 0) is 42.5 Å². The summed E-state index contributed by atoms with van der Waals surface area (Å²) in [5, 5.41) is 3.08. The van der Waals surface area contributed by atoms with E-state index >= 15 is 0 Å². The van der Waals surface area contributed by atoms with E-state index in [4.69, 9.17) is 9.47 Å². The monoisotopic (exact) mass is 341 g/mol. The largest absolute Gasteiger partial charge is 0.493 e. The van der Waals surface area contributed by atoms with Crippen LogP contribution in [0.1, 0.15) is 38.3 Å². The number of rotatable bonds is 8. The van der Waals surface area contributed by atoms with Gasteiger partial charge in [-0.25, -0.2) is 0 Å². The van der Waals surface area contributed by atoms with E-state index in [0.29, 0.717) is 17.9 Å². The van der Waals surface area contributed by atoms with E-state index in [0.717, 1.165) is 29.7 Å². The second-order valence-corrected chi connectivity index (χ2v) is 5.81. The number of carbonyl (C=O) groups excluding carboxylic acids is 1. The third kappa shape index (κ3) is 4.53. The first-order chi connectivity index (χ1) is 12.1. The molecule has 4 nitrogen and oxygen atoms in total. The molecule has 2 aromatic rings. The Hall–Kier alpha value is -2.49. The molecule has 2 aromatic carbocycles. The number of carbonyl (C=O) groups is 1.